The lowest BCUT2D eigenvalue weighted by Gasteiger charge is -2.19. The molecule has 0 unspecified atom stereocenters. The Morgan fingerprint density at radius 3 is 2.32 bits per heavy atom. The minimum Gasteiger partial charge on any atom is -0.468 e. The molecule has 2 aromatic rings. The largest absolute Gasteiger partial charge is 0.468 e. The van der Waals surface area contributed by atoms with E-state index >= 15 is 0 Å². The maximum atomic E-state index is 13.1. The number of sulfonamides is 1. The molecule has 174 valence electrons. The molecular formula is C19H29Cl2N5O4S. The van der Waals surface area contributed by atoms with Gasteiger partial charge in [0.05, 0.1) is 12.0 Å². The summed E-state index contributed by atoms with van der Waals surface area (Å²) >= 11 is 0. The third-order valence-electron chi connectivity index (χ3n) is 4.36. The Morgan fingerprint density at radius 1 is 1.13 bits per heavy atom. The van der Waals surface area contributed by atoms with Gasteiger partial charge < -0.3 is 21.1 Å². The number of carbonyl (C=O) groups excluding carboxylic acids is 1. The smallest absolute Gasteiger partial charge is 0.323 e. The molecule has 2 aromatic carbocycles. The Morgan fingerprint density at radius 2 is 1.74 bits per heavy atom. The van der Waals surface area contributed by atoms with Gasteiger partial charge in [0, 0.05) is 37.1 Å². The van der Waals surface area contributed by atoms with E-state index in [-0.39, 0.29) is 48.6 Å². The number of fused-ring (bicyclic) bond motifs is 1. The normalized spacial score (nSPS) is 11.6. The van der Waals surface area contributed by atoms with E-state index in [0.717, 1.165) is 11.1 Å². The zero-order valence-corrected chi connectivity index (χ0v) is 20.0. The predicted octanol–water partition coefficient (Wildman–Crippen LogP) is 1.62. The maximum absolute atomic E-state index is 13.1. The molecular weight excluding hydrogens is 465 g/mol. The van der Waals surface area contributed by atoms with Crippen LogP contribution >= 0.6 is 24.8 Å². The average Bonchev–Trinajstić information content (AvgIpc) is 2.68. The van der Waals surface area contributed by atoms with Gasteiger partial charge in [0.25, 0.3) is 0 Å². The van der Waals surface area contributed by atoms with E-state index in [0.29, 0.717) is 11.8 Å². The van der Waals surface area contributed by atoms with Crippen LogP contribution in [0.2, 0.25) is 0 Å². The van der Waals surface area contributed by atoms with Crippen molar-refractivity contribution in [3.63, 3.8) is 0 Å². The van der Waals surface area contributed by atoms with Crippen LogP contribution in [0.15, 0.2) is 46.3 Å². The number of aliphatic imine (C=N–C) groups is 1. The van der Waals surface area contributed by atoms with Gasteiger partial charge in [0.1, 0.15) is 6.04 Å². The van der Waals surface area contributed by atoms with Crippen LogP contribution < -0.4 is 21.1 Å². The van der Waals surface area contributed by atoms with Crippen LogP contribution in [-0.4, -0.2) is 54.1 Å². The Bertz CT molecular complexity index is 1010. The summed E-state index contributed by atoms with van der Waals surface area (Å²) in [6, 6.07) is 9.44. The summed E-state index contributed by atoms with van der Waals surface area (Å²) in [6.07, 6.45) is 0.594. The summed E-state index contributed by atoms with van der Waals surface area (Å²) in [7, 11) is 0.991. The van der Waals surface area contributed by atoms with E-state index in [4.69, 9.17) is 16.2 Å². The number of carbonyl (C=O) groups is 1. The second-order valence-corrected chi connectivity index (χ2v) is 8.35. The fourth-order valence-electron chi connectivity index (χ4n) is 3.01. The number of halogens is 2. The molecule has 0 radical (unpaired) electrons. The van der Waals surface area contributed by atoms with Crippen LogP contribution in [-0.2, 0) is 19.6 Å². The Hall–Kier alpha value is -2.27. The molecule has 0 bridgehead atoms. The van der Waals surface area contributed by atoms with Gasteiger partial charge in [-0.25, -0.2) is 8.42 Å². The van der Waals surface area contributed by atoms with Crippen molar-refractivity contribution in [3.05, 3.63) is 36.4 Å². The molecule has 12 heteroatoms. The van der Waals surface area contributed by atoms with Crippen LogP contribution in [0, 0.1) is 0 Å². The van der Waals surface area contributed by atoms with E-state index in [1.807, 2.05) is 31.1 Å². The van der Waals surface area contributed by atoms with Crippen molar-refractivity contribution in [2.24, 2.45) is 16.5 Å². The van der Waals surface area contributed by atoms with Crippen molar-refractivity contribution in [1.82, 2.24) is 4.72 Å². The van der Waals surface area contributed by atoms with Crippen molar-refractivity contribution in [2.45, 2.75) is 23.8 Å². The number of anilines is 1. The molecule has 0 amide bonds. The van der Waals surface area contributed by atoms with Gasteiger partial charge in [0.15, 0.2) is 5.96 Å². The van der Waals surface area contributed by atoms with E-state index in [9.17, 15) is 13.2 Å². The molecule has 0 saturated heterocycles. The third-order valence-corrected chi connectivity index (χ3v) is 5.89. The molecule has 31 heavy (non-hydrogen) atoms. The first-order chi connectivity index (χ1) is 13.7. The fraction of sp³-hybridized carbons (Fsp3) is 0.368. The Balaban J connectivity index is 0.00000450. The number of ether oxygens (including phenoxy) is 1. The van der Waals surface area contributed by atoms with Gasteiger partial charge >= 0.3 is 5.97 Å². The van der Waals surface area contributed by atoms with Crippen molar-refractivity contribution in [1.29, 1.82) is 0 Å². The van der Waals surface area contributed by atoms with E-state index in [2.05, 4.69) is 9.71 Å². The Kier molecular flexibility index (Phi) is 11.6. The number of hydrogen-bond acceptors (Lipinski definition) is 6. The quantitative estimate of drug-likeness (QED) is 0.208. The summed E-state index contributed by atoms with van der Waals surface area (Å²) in [5, 5.41) is 1.36. The molecule has 0 aliphatic rings. The lowest BCUT2D eigenvalue weighted by molar-refractivity contribution is -0.142. The van der Waals surface area contributed by atoms with Crippen LogP contribution in [0.4, 0.5) is 5.69 Å². The number of hydrogen-bond donors (Lipinski definition) is 3. The van der Waals surface area contributed by atoms with Gasteiger partial charge in [-0.05, 0) is 25.0 Å². The van der Waals surface area contributed by atoms with Gasteiger partial charge in [-0.1, -0.05) is 24.3 Å². The summed E-state index contributed by atoms with van der Waals surface area (Å²) in [6.45, 7) is 0.276. The monoisotopic (exact) mass is 493 g/mol. The zero-order chi connectivity index (χ0) is 21.6. The third kappa shape index (κ3) is 7.42. The van der Waals surface area contributed by atoms with Crippen molar-refractivity contribution in [3.8, 4) is 0 Å². The molecule has 0 spiro atoms. The van der Waals surface area contributed by atoms with Gasteiger partial charge in [0.2, 0.25) is 10.0 Å². The molecule has 0 aromatic heterocycles. The number of nitrogens with two attached hydrogens (primary N) is 2. The number of rotatable bonds is 9. The SMILES string of the molecule is COC(=O)[C@H](CCCN=C(N)N)NS(=O)(=O)c1cccc2c(N(C)C)cccc12.Cl.Cl. The van der Waals surface area contributed by atoms with Crippen LogP contribution in [0.1, 0.15) is 12.8 Å². The van der Waals surface area contributed by atoms with Crippen molar-refractivity contribution >= 4 is 63.2 Å². The topological polar surface area (TPSA) is 140 Å². The Labute approximate surface area is 195 Å². The standard InChI is InChI=1S/C19H27N5O4S.2ClH/c1-24(2)16-10-4-8-14-13(16)7-5-11-17(14)29(26,27)23-15(18(25)28-3)9-6-12-22-19(20)21;;/h4-5,7-8,10-11,15,23H,6,9,12H2,1-3H3,(H4,20,21,22);2*1H/t15-;;/m0../s1. The molecule has 0 saturated carbocycles. The lowest BCUT2D eigenvalue weighted by atomic mass is 10.1. The summed E-state index contributed by atoms with van der Waals surface area (Å²) in [5.74, 6) is -0.736. The number of esters is 1. The van der Waals surface area contributed by atoms with E-state index < -0.39 is 22.0 Å². The molecule has 1 atom stereocenters. The van der Waals surface area contributed by atoms with E-state index in [1.54, 1.807) is 18.2 Å². The minimum absolute atomic E-state index is 0. The molecule has 5 N–H and O–H groups in total. The highest BCUT2D eigenvalue weighted by molar-refractivity contribution is 7.89. The number of guanidine groups is 1. The highest BCUT2D eigenvalue weighted by Gasteiger charge is 2.27. The highest BCUT2D eigenvalue weighted by Crippen LogP contribution is 2.30. The fourth-order valence-corrected chi connectivity index (χ4v) is 4.45. The second kappa shape index (κ2) is 12.6. The molecule has 0 aliphatic heterocycles. The van der Waals surface area contributed by atoms with Gasteiger partial charge in [-0.15, -0.1) is 24.8 Å². The molecule has 9 nitrogen and oxygen atoms in total. The van der Waals surface area contributed by atoms with Crippen LogP contribution in [0.25, 0.3) is 10.8 Å². The minimum atomic E-state index is -3.99. The molecule has 0 fully saturated rings. The van der Waals surface area contributed by atoms with Crippen LogP contribution in [0.3, 0.4) is 0 Å². The first-order valence-corrected chi connectivity index (χ1v) is 10.5. The average molecular weight is 494 g/mol. The number of benzene rings is 2. The molecule has 2 rings (SSSR count). The number of methoxy groups -OCH3 is 1. The highest BCUT2D eigenvalue weighted by atomic mass is 35.5. The van der Waals surface area contributed by atoms with Gasteiger partial charge in [-0.3, -0.25) is 9.79 Å². The van der Waals surface area contributed by atoms with Crippen molar-refractivity contribution < 1.29 is 17.9 Å². The predicted molar refractivity (Wildman–Crippen MR) is 129 cm³/mol. The number of nitrogens with zero attached hydrogens (tertiary/aromatic N) is 2. The first kappa shape index (κ1) is 28.7. The van der Waals surface area contributed by atoms with Gasteiger partial charge in [-0.2, -0.15) is 4.72 Å². The zero-order valence-electron chi connectivity index (χ0n) is 17.6. The number of nitrogens with one attached hydrogen (secondary N) is 1. The van der Waals surface area contributed by atoms with Crippen LogP contribution in [0.5, 0.6) is 0 Å². The molecule has 0 heterocycles. The summed E-state index contributed by atoms with van der Waals surface area (Å²) in [5.41, 5.74) is 11.5. The van der Waals surface area contributed by atoms with Crippen molar-refractivity contribution in [2.75, 3.05) is 32.6 Å². The summed E-state index contributed by atoms with van der Waals surface area (Å²) in [4.78, 5) is 18.0. The summed E-state index contributed by atoms with van der Waals surface area (Å²) < 4.78 is 33.4. The lowest BCUT2D eigenvalue weighted by Crippen LogP contribution is -2.41. The second-order valence-electron chi connectivity index (χ2n) is 6.67. The van der Waals surface area contributed by atoms with E-state index in [1.165, 1.54) is 13.2 Å². The molecule has 0 aliphatic carbocycles. The maximum Gasteiger partial charge on any atom is 0.323 e. The first-order valence-electron chi connectivity index (χ1n) is 9.02.